The van der Waals surface area contributed by atoms with Gasteiger partial charge in [-0.05, 0) is 35.2 Å². The molecule has 1 aromatic carbocycles. The molecule has 0 aliphatic rings. The largest absolute Gasteiger partial charge is 0.280 e. The first-order chi connectivity index (χ1) is 13.5. The summed E-state index contributed by atoms with van der Waals surface area (Å²) in [7, 11) is 1.80. The Morgan fingerprint density at radius 3 is 2.75 bits per heavy atom. The summed E-state index contributed by atoms with van der Waals surface area (Å²) in [6, 6.07) is 11.8. The van der Waals surface area contributed by atoms with Gasteiger partial charge < -0.3 is 0 Å². The van der Waals surface area contributed by atoms with E-state index in [9.17, 15) is 4.79 Å². The molecule has 1 amide bonds. The zero-order valence-electron chi connectivity index (χ0n) is 16.0. The molecule has 0 aliphatic carbocycles. The van der Waals surface area contributed by atoms with E-state index in [2.05, 4.69) is 36.1 Å². The Labute approximate surface area is 167 Å². The maximum atomic E-state index is 13.3. The number of aromatic nitrogens is 4. The molecule has 0 unspecified atom stereocenters. The average Bonchev–Trinajstić information content (AvgIpc) is 3.32. The minimum absolute atomic E-state index is 0.172. The van der Waals surface area contributed by atoms with E-state index in [-0.39, 0.29) is 5.91 Å². The lowest BCUT2D eigenvalue weighted by molar-refractivity contribution is 0.0979. The second kappa shape index (κ2) is 7.52. The number of nitrogens with zero attached hydrogens (tertiary/aromatic N) is 5. The van der Waals surface area contributed by atoms with E-state index in [1.807, 2.05) is 18.2 Å². The minimum Gasteiger partial charge on any atom is -0.278 e. The first-order valence-corrected chi connectivity index (χ1v) is 9.94. The summed E-state index contributed by atoms with van der Waals surface area (Å²) in [6.45, 7) is 4.70. The van der Waals surface area contributed by atoms with E-state index < -0.39 is 0 Å². The van der Waals surface area contributed by atoms with Gasteiger partial charge in [0.25, 0.3) is 5.91 Å². The predicted octanol–water partition coefficient (Wildman–Crippen LogP) is 4.40. The van der Waals surface area contributed by atoms with Crippen LogP contribution >= 0.6 is 11.3 Å². The zero-order chi connectivity index (χ0) is 19.7. The number of thiazole rings is 1. The van der Waals surface area contributed by atoms with Gasteiger partial charge in [0.05, 0.1) is 16.8 Å². The summed E-state index contributed by atoms with van der Waals surface area (Å²) in [5.41, 5.74) is 3.49. The summed E-state index contributed by atoms with van der Waals surface area (Å²) in [5, 5.41) is 4.95. The molecule has 4 aromatic rings. The molecule has 3 heterocycles. The Bertz CT molecular complexity index is 1120. The number of carbonyl (C=O) groups excluding carboxylic acids is 1. The topological polar surface area (TPSA) is 63.9 Å². The number of benzene rings is 1. The van der Waals surface area contributed by atoms with Crippen LogP contribution in [0, 0.1) is 0 Å². The Morgan fingerprint density at radius 1 is 1.21 bits per heavy atom. The normalized spacial score (nSPS) is 11.3. The fourth-order valence-corrected chi connectivity index (χ4v) is 4.11. The van der Waals surface area contributed by atoms with Crippen LogP contribution in [0.15, 0.2) is 55.0 Å². The van der Waals surface area contributed by atoms with Gasteiger partial charge in [0.2, 0.25) is 0 Å². The quantitative estimate of drug-likeness (QED) is 0.506. The zero-order valence-corrected chi connectivity index (χ0v) is 16.8. The molecule has 0 spiro atoms. The van der Waals surface area contributed by atoms with Crippen LogP contribution in [-0.2, 0) is 13.6 Å². The number of rotatable bonds is 5. The number of anilines is 1. The van der Waals surface area contributed by atoms with Gasteiger partial charge >= 0.3 is 0 Å². The summed E-state index contributed by atoms with van der Waals surface area (Å²) in [4.78, 5) is 24.0. The van der Waals surface area contributed by atoms with Gasteiger partial charge in [0.15, 0.2) is 10.8 Å². The van der Waals surface area contributed by atoms with E-state index in [4.69, 9.17) is 4.98 Å². The molecule has 4 rings (SSSR count). The molecular formula is C21H21N5OS. The van der Waals surface area contributed by atoms with Gasteiger partial charge in [0.1, 0.15) is 0 Å². The lowest BCUT2D eigenvalue weighted by Gasteiger charge is -2.18. The lowest BCUT2D eigenvalue weighted by atomic mass is 10.0. The van der Waals surface area contributed by atoms with Crippen LogP contribution in [0.25, 0.3) is 10.2 Å². The van der Waals surface area contributed by atoms with Crippen molar-refractivity contribution in [3.8, 4) is 0 Å². The molecule has 0 aliphatic heterocycles. The second-order valence-corrected chi connectivity index (χ2v) is 7.98. The molecule has 0 atom stereocenters. The van der Waals surface area contributed by atoms with Crippen molar-refractivity contribution in [1.82, 2.24) is 19.7 Å². The summed E-state index contributed by atoms with van der Waals surface area (Å²) in [5.74, 6) is 0.187. The summed E-state index contributed by atoms with van der Waals surface area (Å²) < 4.78 is 2.70. The fourth-order valence-electron chi connectivity index (χ4n) is 3.11. The smallest absolute Gasteiger partial charge is 0.278 e. The molecule has 0 saturated heterocycles. The van der Waals surface area contributed by atoms with E-state index in [0.29, 0.717) is 23.3 Å². The van der Waals surface area contributed by atoms with Crippen LogP contribution in [0.1, 0.15) is 41.4 Å². The predicted molar refractivity (Wildman–Crippen MR) is 112 cm³/mol. The average molecular weight is 392 g/mol. The Morgan fingerprint density at radius 2 is 2.07 bits per heavy atom. The third kappa shape index (κ3) is 3.53. The van der Waals surface area contributed by atoms with Gasteiger partial charge in [-0.1, -0.05) is 43.4 Å². The van der Waals surface area contributed by atoms with Gasteiger partial charge in [-0.3, -0.25) is 19.4 Å². The van der Waals surface area contributed by atoms with Crippen LogP contribution in [0.5, 0.6) is 0 Å². The van der Waals surface area contributed by atoms with E-state index in [1.165, 1.54) is 16.9 Å². The monoisotopic (exact) mass is 391 g/mol. The summed E-state index contributed by atoms with van der Waals surface area (Å²) in [6.07, 6.45) is 5.26. The van der Waals surface area contributed by atoms with Crippen molar-refractivity contribution >= 4 is 32.6 Å². The van der Waals surface area contributed by atoms with E-state index in [1.54, 1.807) is 41.3 Å². The fraction of sp³-hybridized carbons (Fsp3) is 0.238. The Kier molecular flexibility index (Phi) is 4.92. The molecule has 28 heavy (non-hydrogen) atoms. The van der Waals surface area contributed by atoms with Crippen LogP contribution in [0.2, 0.25) is 0 Å². The van der Waals surface area contributed by atoms with Crippen molar-refractivity contribution in [2.75, 3.05) is 4.90 Å². The van der Waals surface area contributed by atoms with Gasteiger partial charge in [-0.15, -0.1) is 0 Å². The molecule has 0 N–H and O–H groups in total. The number of carbonyl (C=O) groups is 1. The third-order valence-electron chi connectivity index (χ3n) is 4.53. The molecule has 3 aromatic heterocycles. The lowest BCUT2D eigenvalue weighted by Crippen LogP contribution is -2.30. The second-order valence-electron chi connectivity index (χ2n) is 6.97. The minimum atomic E-state index is -0.172. The summed E-state index contributed by atoms with van der Waals surface area (Å²) >= 11 is 1.52. The van der Waals surface area contributed by atoms with Crippen LogP contribution < -0.4 is 4.90 Å². The van der Waals surface area contributed by atoms with E-state index in [0.717, 1.165) is 15.8 Å². The highest BCUT2D eigenvalue weighted by atomic mass is 32.1. The number of pyridine rings is 1. The van der Waals surface area contributed by atoms with Crippen molar-refractivity contribution in [3.63, 3.8) is 0 Å². The number of fused-ring (bicyclic) bond motifs is 1. The Hall–Kier alpha value is -3.06. The highest BCUT2D eigenvalue weighted by molar-refractivity contribution is 7.22. The van der Waals surface area contributed by atoms with Crippen molar-refractivity contribution in [3.05, 3.63) is 71.8 Å². The number of hydrogen-bond donors (Lipinski definition) is 0. The molecule has 0 bridgehead atoms. The number of amides is 1. The molecule has 6 nitrogen and oxygen atoms in total. The van der Waals surface area contributed by atoms with Crippen LogP contribution in [0.4, 0.5) is 5.13 Å². The SMILES string of the molecule is CC(C)c1cccc2sc(N(Cc3cccnc3)C(=O)c3ccn(C)n3)nc12. The van der Waals surface area contributed by atoms with Crippen molar-refractivity contribution < 1.29 is 4.79 Å². The van der Waals surface area contributed by atoms with Crippen molar-refractivity contribution in [1.29, 1.82) is 0 Å². The maximum Gasteiger partial charge on any atom is 0.280 e. The van der Waals surface area contributed by atoms with Crippen LogP contribution in [0.3, 0.4) is 0 Å². The maximum absolute atomic E-state index is 13.3. The number of hydrogen-bond acceptors (Lipinski definition) is 5. The third-order valence-corrected chi connectivity index (χ3v) is 5.58. The number of aryl methyl sites for hydroxylation is 1. The molecule has 0 saturated carbocycles. The van der Waals surface area contributed by atoms with E-state index >= 15 is 0 Å². The molecule has 0 fully saturated rings. The number of para-hydroxylation sites is 1. The first kappa shape index (κ1) is 18.3. The van der Waals surface area contributed by atoms with Gasteiger partial charge in [-0.25, -0.2) is 4.98 Å². The first-order valence-electron chi connectivity index (χ1n) is 9.13. The standard InChI is InChI=1S/C21H21N5OS/c1-14(2)16-7-4-8-18-19(16)23-21(28-18)26(13-15-6-5-10-22-12-15)20(27)17-9-11-25(3)24-17/h4-12,14H,13H2,1-3H3. The molecular weight excluding hydrogens is 370 g/mol. The van der Waals surface area contributed by atoms with Gasteiger partial charge in [-0.2, -0.15) is 5.10 Å². The molecule has 0 radical (unpaired) electrons. The molecule has 7 heteroatoms. The van der Waals surface area contributed by atoms with Crippen molar-refractivity contribution in [2.24, 2.45) is 7.05 Å². The van der Waals surface area contributed by atoms with Gasteiger partial charge in [0, 0.05) is 25.6 Å². The Balaban J connectivity index is 1.79. The molecule has 142 valence electrons. The highest BCUT2D eigenvalue weighted by Gasteiger charge is 2.24. The van der Waals surface area contributed by atoms with Crippen LogP contribution in [-0.4, -0.2) is 25.7 Å². The highest BCUT2D eigenvalue weighted by Crippen LogP contribution is 2.34. The van der Waals surface area contributed by atoms with Crippen molar-refractivity contribution in [2.45, 2.75) is 26.3 Å².